The Morgan fingerprint density at radius 2 is 1.95 bits per heavy atom. The Morgan fingerprint density at radius 1 is 1.20 bits per heavy atom. The van der Waals surface area contributed by atoms with Gasteiger partial charge in [-0.05, 0) is 46.5 Å². The van der Waals surface area contributed by atoms with Crippen molar-refractivity contribution in [3.05, 3.63) is 0 Å². The predicted molar refractivity (Wildman–Crippen MR) is 75.5 cm³/mol. The van der Waals surface area contributed by atoms with Crippen LogP contribution in [0.3, 0.4) is 0 Å². The lowest BCUT2D eigenvalue weighted by molar-refractivity contribution is -0.256. The fourth-order valence-corrected chi connectivity index (χ4v) is 2.75. The van der Waals surface area contributed by atoms with E-state index in [9.17, 15) is 4.79 Å². The molecular formula is C15H27NO4. The lowest BCUT2D eigenvalue weighted by atomic mass is 10.00. The van der Waals surface area contributed by atoms with Crippen LogP contribution >= 0.6 is 0 Å². The molecule has 0 aromatic rings. The molecule has 0 aromatic carbocycles. The topological polar surface area (TPSA) is 56.8 Å². The maximum atomic E-state index is 11.8. The summed E-state index contributed by atoms with van der Waals surface area (Å²) in [5.41, 5.74) is -0.469. The molecule has 2 heterocycles. The van der Waals surface area contributed by atoms with Gasteiger partial charge >= 0.3 is 6.09 Å². The van der Waals surface area contributed by atoms with Crippen molar-refractivity contribution in [1.82, 2.24) is 5.32 Å². The van der Waals surface area contributed by atoms with Crippen LogP contribution in [0.15, 0.2) is 0 Å². The Bertz CT molecular complexity index is 331. The van der Waals surface area contributed by atoms with Gasteiger partial charge in [-0.1, -0.05) is 0 Å². The average molecular weight is 285 g/mol. The monoisotopic (exact) mass is 285 g/mol. The summed E-state index contributed by atoms with van der Waals surface area (Å²) in [5, 5.41) is 2.90. The van der Waals surface area contributed by atoms with Gasteiger partial charge in [-0.15, -0.1) is 0 Å². The first-order valence-electron chi connectivity index (χ1n) is 7.66. The minimum atomic E-state index is -0.469. The average Bonchev–Trinajstić information content (AvgIpc) is 2.52. The lowest BCUT2D eigenvalue weighted by Gasteiger charge is -2.36. The highest BCUT2D eigenvalue weighted by Gasteiger charge is 2.37. The van der Waals surface area contributed by atoms with Gasteiger partial charge in [0, 0.05) is 12.8 Å². The summed E-state index contributed by atoms with van der Waals surface area (Å²) >= 11 is 0. The highest BCUT2D eigenvalue weighted by Crippen LogP contribution is 2.33. The van der Waals surface area contributed by atoms with Gasteiger partial charge in [0.15, 0.2) is 5.79 Å². The van der Waals surface area contributed by atoms with Crippen LogP contribution in [0.25, 0.3) is 0 Å². The number of carbonyl (C=O) groups excluding carboxylic acids is 1. The maximum absolute atomic E-state index is 11.8. The summed E-state index contributed by atoms with van der Waals surface area (Å²) in [6, 6.07) is 0.00903. The van der Waals surface area contributed by atoms with E-state index in [-0.39, 0.29) is 12.1 Å². The third kappa shape index (κ3) is 4.63. The highest BCUT2D eigenvalue weighted by molar-refractivity contribution is 5.68. The van der Waals surface area contributed by atoms with E-state index in [0.29, 0.717) is 6.61 Å². The van der Waals surface area contributed by atoms with E-state index in [1.165, 1.54) is 0 Å². The highest BCUT2D eigenvalue weighted by atomic mass is 16.7. The van der Waals surface area contributed by atoms with Gasteiger partial charge in [0.1, 0.15) is 5.60 Å². The van der Waals surface area contributed by atoms with Crippen molar-refractivity contribution in [3.63, 3.8) is 0 Å². The standard InChI is InChI=1S/C15H27NO4/c1-14(2,3)20-13(17)16-12-7-6-9-15(19-11-12)8-4-5-10-18-15/h12H,4-11H2,1-3H3,(H,16,17)/t12-,15-/m0/s1. The molecule has 2 fully saturated rings. The van der Waals surface area contributed by atoms with Gasteiger partial charge in [0.05, 0.1) is 19.3 Å². The number of hydrogen-bond donors (Lipinski definition) is 1. The van der Waals surface area contributed by atoms with Gasteiger partial charge < -0.3 is 19.5 Å². The molecule has 2 aliphatic rings. The number of hydrogen-bond acceptors (Lipinski definition) is 4. The molecule has 2 rings (SSSR count). The molecule has 2 atom stereocenters. The van der Waals surface area contributed by atoms with Crippen LogP contribution in [0, 0.1) is 0 Å². The molecule has 2 saturated heterocycles. The van der Waals surface area contributed by atoms with Crippen molar-refractivity contribution in [3.8, 4) is 0 Å². The molecule has 0 unspecified atom stereocenters. The largest absolute Gasteiger partial charge is 0.444 e. The summed E-state index contributed by atoms with van der Waals surface area (Å²) in [5.74, 6) is -0.400. The normalized spacial score (nSPS) is 31.6. The summed E-state index contributed by atoms with van der Waals surface area (Å²) < 4.78 is 17.1. The molecule has 5 nitrogen and oxygen atoms in total. The minimum Gasteiger partial charge on any atom is -0.444 e. The lowest BCUT2D eigenvalue weighted by Crippen LogP contribution is -2.43. The van der Waals surface area contributed by atoms with E-state index in [0.717, 1.165) is 45.1 Å². The van der Waals surface area contributed by atoms with Crippen molar-refractivity contribution < 1.29 is 19.0 Å². The first-order chi connectivity index (χ1) is 9.39. The van der Waals surface area contributed by atoms with Crippen LogP contribution in [-0.4, -0.2) is 36.7 Å². The zero-order chi connectivity index (χ0) is 14.6. The van der Waals surface area contributed by atoms with Crippen molar-refractivity contribution in [2.45, 2.75) is 76.7 Å². The van der Waals surface area contributed by atoms with Crippen molar-refractivity contribution in [2.24, 2.45) is 0 Å². The fraction of sp³-hybridized carbons (Fsp3) is 0.933. The third-order valence-corrected chi connectivity index (χ3v) is 3.70. The Labute approximate surface area is 121 Å². The molecule has 116 valence electrons. The Hall–Kier alpha value is -0.810. The number of carbonyl (C=O) groups is 1. The molecule has 20 heavy (non-hydrogen) atoms. The second-order valence-corrected chi connectivity index (χ2v) is 6.76. The van der Waals surface area contributed by atoms with Crippen LogP contribution in [0.5, 0.6) is 0 Å². The van der Waals surface area contributed by atoms with Gasteiger partial charge in [-0.25, -0.2) is 4.79 Å². The molecule has 0 radical (unpaired) electrons. The number of ether oxygens (including phenoxy) is 3. The Morgan fingerprint density at radius 3 is 2.60 bits per heavy atom. The second kappa shape index (κ2) is 6.31. The first kappa shape index (κ1) is 15.6. The van der Waals surface area contributed by atoms with E-state index in [1.54, 1.807) is 0 Å². The van der Waals surface area contributed by atoms with Crippen LogP contribution < -0.4 is 5.32 Å². The second-order valence-electron chi connectivity index (χ2n) is 6.76. The molecule has 1 spiro atoms. The maximum Gasteiger partial charge on any atom is 0.407 e. The van der Waals surface area contributed by atoms with Gasteiger partial charge in [-0.3, -0.25) is 0 Å². The van der Waals surface area contributed by atoms with E-state index >= 15 is 0 Å². The SMILES string of the molecule is CC(C)(C)OC(=O)N[C@H]1CCC[C@]2(CCCCO2)OC1. The zero-order valence-electron chi connectivity index (χ0n) is 12.9. The number of nitrogens with one attached hydrogen (secondary N) is 1. The molecule has 0 bridgehead atoms. The van der Waals surface area contributed by atoms with Gasteiger partial charge in [-0.2, -0.15) is 0 Å². The summed E-state index contributed by atoms with van der Waals surface area (Å²) in [7, 11) is 0. The van der Waals surface area contributed by atoms with Gasteiger partial charge in [0.25, 0.3) is 0 Å². The van der Waals surface area contributed by atoms with E-state index in [2.05, 4.69) is 5.32 Å². The Balaban J connectivity index is 1.82. The summed E-state index contributed by atoms with van der Waals surface area (Å²) in [4.78, 5) is 11.8. The molecular weight excluding hydrogens is 258 g/mol. The molecule has 0 aliphatic carbocycles. The molecule has 2 aliphatic heterocycles. The number of alkyl carbamates (subject to hydrolysis) is 1. The number of rotatable bonds is 1. The Kier molecular flexibility index (Phi) is 4.91. The quantitative estimate of drug-likeness (QED) is 0.804. The van der Waals surface area contributed by atoms with Crippen molar-refractivity contribution in [1.29, 1.82) is 0 Å². The van der Waals surface area contributed by atoms with Crippen molar-refractivity contribution in [2.75, 3.05) is 13.2 Å². The number of amides is 1. The predicted octanol–water partition coefficient (Wildman–Crippen LogP) is 2.98. The van der Waals surface area contributed by atoms with Crippen LogP contribution in [0.1, 0.15) is 59.3 Å². The van der Waals surface area contributed by atoms with E-state index in [1.807, 2.05) is 20.8 Å². The third-order valence-electron chi connectivity index (χ3n) is 3.70. The van der Waals surface area contributed by atoms with Crippen LogP contribution in [0.2, 0.25) is 0 Å². The molecule has 5 heteroatoms. The zero-order valence-corrected chi connectivity index (χ0v) is 12.9. The van der Waals surface area contributed by atoms with Gasteiger partial charge in [0.2, 0.25) is 0 Å². The van der Waals surface area contributed by atoms with Crippen molar-refractivity contribution >= 4 is 6.09 Å². The van der Waals surface area contributed by atoms with Crippen LogP contribution in [0.4, 0.5) is 4.79 Å². The van der Waals surface area contributed by atoms with Crippen LogP contribution in [-0.2, 0) is 14.2 Å². The summed E-state index contributed by atoms with van der Waals surface area (Å²) in [6.45, 7) is 6.87. The summed E-state index contributed by atoms with van der Waals surface area (Å²) in [6.07, 6.45) is 5.69. The minimum absolute atomic E-state index is 0.00903. The fourth-order valence-electron chi connectivity index (χ4n) is 2.75. The molecule has 1 N–H and O–H groups in total. The molecule has 0 saturated carbocycles. The van der Waals surface area contributed by atoms with E-state index < -0.39 is 11.4 Å². The smallest absolute Gasteiger partial charge is 0.407 e. The molecule has 1 amide bonds. The van der Waals surface area contributed by atoms with E-state index in [4.69, 9.17) is 14.2 Å². The molecule has 0 aromatic heterocycles. The first-order valence-corrected chi connectivity index (χ1v) is 7.66.